The van der Waals surface area contributed by atoms with E-state index in [0.717, 1.165) is 25.7 Å². The average molecular weight is 190 g/mol. The van der Waals surface area contributed by atoms with Gasteiger partial charge in [0.05, 0.1) is 12.1 Å². The standard InChI is InChI=1S/C12H18N2/c13-10-12(11-14)8-6-4-2-1-3-5-7-9-12/h1-9H2. The van der Waals surface area contributed by atoms with E-state index >= 15 is 0 Å². The van der Waals surface area contributed by atoms with Gasteiger partial charge >= 0.3 is 0 Å². The normalized spacial score (nSPS) is 23.0. The number of rotatable bonds is 0. The lowest BCUT2D eigenvalue weighted by Crippen LogP contribution is -2.16. The fourth-order valence-electron chi connectivity index (χ4n) is 2.11. The minimum absolute atomic E-state index is 0.669. The predicted octanol–water partition coefficient (Wildman–Crippen LogP) is 3.54. The molecule has 0 atom stereocenters. The monoisotopic (exact) mass is 190 g/mol. The fraction of sp³-hybridized carbons (Fsp3) is 0.833. The van der Waals surface area contributed by atoms with Gasteiger partial charge in [-0.15, -0.1) is 0 Å². The third-order valence-electron chi connectivity index (χ3n) is 3.14. The van der Waals surface area contributed by atoms with E-state index in [9.17, 15) is 0 Å². The Morgan fingerprint density at radius 2 is 1.00 bits per heavy atom. The van der Waals surface area contributed by atoms with E-state index in [-0.39, 0.29) is 0 Å². The second kappa shape index (κ2) is 5.66. The van der Waals surface area contributed by atoms with E-state index in [4.69, 9.17) is 10.5 Å². The van der Waals surface area contributed by atoms with Gasteiger partial charge in [-0.25, -0.2) is 0 Å². The smallest absolute Gasteiger partial charge is 0.143 e. The van der Waals surface area contributed by atoms with Gasteiger partial charge in [0.15, 0.2) is 0 Å². The minimum atomic E-state index is -0.669. The molecule has 1 aliphatic carbocycles. The highest BCUT2D eigenvalue weighted by Crippen LogP contribution is 2.31. The van der Waals surface area contributed by atoms with Gasteiger partial charge in [0.1, 0.15) is 5.41 Å². The summed E-state index contributed by atoms with van der Waals surface area (Å²) in [5.74, 6) is 0. The van der Waals surface area contributed by atoms with Crippen LogP contribution in [0.25, 0.3) is 0 Å². The van der Waals surface area contributed by atoms with Gasteiger partial charge in [0.25, 0.3) is 0 Å². The van der Waals surface area contributed by atoms with Crippen LogP contribution in [0.4, 0.5) is 0 Å². The van der Waals surface area contributed by atoms with Crippen molar-refractivity contribution in [2.45, 2.75) is 57.8 Å². The van der Waals surface area contributed by atoms with Crippen molar-refractivity contribution in [3.63, 3.8) is 0 Å². The summed E-state index contributed by atoms with van der Waals surface area (Å²) in [6.45, 7) is 0. The van der Waals surface area contributed by atoms with Crippen LogP contribution in [0.3, 0.4) is 0 Å². The van der Waals surface area contributed by atoms with Crippen LogP contribution in [0.1, 0.15) is 57.8 Å². The summed E-state index contributed by atoms with van der Waals surface area (Å²) in [5.41, 5.74) is -0.669. The molecule has 0 saturated heterocycles. The molecule has 0 bridgehead atoms. The Bertz CT molecular complexity index is 218. The van der Waals surface area contributed by atoms with Gasteiger partial charge < -0.3 is 0 Å². The van der Waals surface area contributed by atoms with E-state index in [2.05, 4.69) is 12.1 Å². The topological polar surface area (TPSA) is 47.6 Å². The molecule has 1 aliphatic rings. The summed E-state index contributed by atoms with van der Waals surface area (Å²) >= 11 is 0. The van der Waals surface area contributed by atoms with Crippen LogP contribution in [0, 0.1) is 28.1 Å². The Morgan fingerprint density at radius 3 is 1.36 bits per heavy atom. The molecule has 0 amide bonds. The first-order valence-corrected chi connectivity index (χ1v) is 5.65. The second-order valence-corrected chi connectivity index (χ2v) is 4.28. The fourth-order valence-corrected chi connectivity index (χ4v) is 2.11. The Hall–Kier alpha value is -1.02. The molecule has 1 rings (SSSR count). The van der Waals surface area contributed by atoms with Crippen molar-refractivity contribution >= 4 is 0 Å². The molecular formula is C12H18N2. The third kappa shape index (κ3) is 3.04. The van der Waals surface area contributed by atoms with Crippen molar-refractivity contribution in [1.82, 2.24) is 0 Å². The predicted molar refractivity (Wildman–Crippen MR) is 55.2 cm³/mol. The van der Waals surface area contributed by atoms with Gasteiger partial charge in [-0.1, -0.05) is 44.9 Å². The summed E-state index contributed by atoms with van der Waals surface area (Å²) in [4.78, 5) is 0. The van der Waals surface area contributed by atoms with Crippen LogP contribution in [-0.2, 0) is 0 Å². The molecule has 0 aromatic heterocycles. The summed E-state index contributed by atoms with van der Waals surface area (Å²) in [6, 6.07) is 4.44. The zero-order valence-electron chi connectivity index (χ0n) is 8.76. The van der Waals surface area contributed by atoms with Crippen LogP contribution in [-0.4, -0.2) is 0 Å². The van der Waals surface area contributed by atoms with Crippen LogP contribution in [0.15, 0.2) is 0 Å². The Labute approximate surface area is 86.5 Å². The van der Waals surface area contributed by atoms with E-state index in [1.165, 1.54) is 32.1 Å². The van der Waals surface area contributed by atoms with Gasteiger partial charge in [-0.2, -0.15) is 10.5 Å². The first-order chi connectivity index (χ1) is 6.83. The van der Waals surface area contributed by atoms with Crippen molar-refractivity contribution in [1.29, 1.82) is 10.5 Å². The molecular weight excluding hydrogens is 172 g/mol. The molecule has 0 aromatic rings. The van der Waals surface area contributed by atoms with E-state index in [1.807, 2.05) is 0 Å². The first-order valence-electron chi connectivity index (χ1n) is 5.65. The number of hydrogen-bond donors (Lipinski definition) is 0. The molecule has 2 nitrogen and oxygen atoms in total. The van der Waals surface area contributed by atoms with Gasteiger partial charge in [0.2, 0.25) is 0 Å². The molecule has 0 radical (unpaired) electrons. The lowest BCUT2D eigenvalue weighted by molar-refractivity contribution is 0.377. The van der Waals surface area contributed by atoms with Crippen molar-refractivity contribution in [3.8, 4) is 12.1 Å². The molecule has 0 aromatic carbocycles. The highest BCUT2D eigenvalue weighted by molar-refractivity contribution is 5.13. The first kappa shape index (κ1) is 11.1. The van der Waals surface area contributed by atoms with Crippen LogP contribution >= 0.6 is 0 Å². The lowest BCUT2D eigenvalue weighted by atomic mass is 9.80. The van der Waals surface area contributed by atoms with Gasteiger partial charge in [-0.05, 0) is 12.8 Å². The van der Waals surface area contributed by atoms with Crippen LogP contribution in [0.2, 0.25) is 0 Å². The number of nitrogens with zero attached hydrogens (tertiary/aromatic N) is 2. The third-order valence-corrected chi connectivity index (χ3v) is 3.14. The second-order valence-electron chi connectivity index (χ2n) is 4.28. The van der Waals surface area contributed by atoms with Gasteiger partial charge in [0, 0.05) is 0 Å². The number of hydrogen-bond acceptors (Lipinski definition) is 2. The largest absolute Gasteiger partial charge is 0.197 e. The van der Waals surface area contributed by atoms with E-state index < -0.39 is 5.41 Å². The molecule has 0 heterocycles. The maximum absolute atomic E-state index is 9.05. The molecule has 0 unspecified atom stereocenters. The number of nitriles is 2. The summed E-state index contributed by atoms with van der Waals surface area (Å²) in [6.07, 6.45) is 9.88. The molecule has 0 spiro atoms. The summed E-state index contributed by atoms with van der Waals surface area (Å²) in [7, 11) is 0. The molecule has 14 heavy (non-hydrogen) atoms. The van der Waals surface area contributed by atoms with Crippen LogP contribution in [0.5, 0.6) is 0 Å². The SMILES string of the molecule is N#CC1(C#N)CCCCCCCCC1. The van der Waals surface area contributed by atoms with E-state index in [1.54, 1.807) is 0 Å². The highest BCUT2D eigenvalue weighted by Gasteiger charge is 2.28. The Balaban J connectivity index is 2.55. The van der Waals surface area contributed by atoms with Gasteiger partial charge in [-0.3, -0.25) is 0 Å². The minimum Gasteiger partial charge on any atom is -0.197 e. The maximum Gasteiger partial charge on any atom is 0.143 e. The zero-order chi connectivity index (χ0) is 10.3. The van der Waals surface area contributed by atoms with Crippen molar-refractivity contribution in [2.24, 2.45) is 5.41 Å². The molecule has 0 aliphatic heterocycles. The highest BCUT2D eigenvalue weighted by atomic mass is 14.4. The lowest BCUT2D eigenvalue weighted by Gasteiger charge is -2.19. The maximum atomic E-state index is 9.05. The Morgan fingerprint density at radius 1 is 0.643 bits per heavy atom. The molecule has 1 saturated carbocycles. The van der Waals surface area contributed by atoms with Crippen molar-refractivity contribution in [3.05, 3.63) is 0 Å². The summed E-state index contributed by atoms with van der Waals surface area (Å²) in [5, 5.41) is 18.1. The van der Waals surface area contributed by atoms with Crippen LogP contribution < -0.4 is 0 Å². The van der Waals surface area contributed by atoms with E-state index in [0.29, 0.717) is 0 Å². The van der Waals surface area contributed by atoms with Crippen molar-refractivity contribution < 1.29 is 0 Å². The molecule has 1 fully saturated rings. The Kier molecular flexibility index (Phi) is 4.47. The zero-order valence-corrected chi connectivity index (χ0v) is 8.76. The molecule has 0 N–H and O–H groups in total. The molecule has 76 valence electrons. The summed E-state index contributed by atoms with van der Waals surface area (Å²) < 4.78 is 0. The quantitative estimate of drug-likeness (QED) is 0.586. The van der Waals surface area contributed by atoms with Crippen molar-refractivity contribution in [2.75, 3.05) is 0 Å². The molecule has 2 heteroatoms. The average Bonchev–Trinajstić information content (AvgIpc) is 2.26.